The fraction of sp³-hybridized carbons (Fsp3) is 0.200. The minimum atomic E-state index is -0.00425. The normalized spacial score (nSPS) is 15.1. The van der Waals surface area contributed by atoms with Crippen molar-refractivity contribution in [1.29, 1.82) is 0 Å². The molecule has 0 radical (unpaired) electrons. The van der Waals surface area contributed by atoms with E-state index in [2.05, 4.69) is 4.99 Å². The second kappa shape index (κ2) is 4.72. The SMILES string of the molecule is CC1=CC(=O)C=C(C)C1=Nc1cc(C)c(N)cc1N. The largest absolute Gasteiger partial charge is 0.398 e. The summed E-state index contributed by atoms with van der Waals surface area (Å²) in [7, 11) is 0. The van der Waals surface area contributed by atoms with E-state index < -0.39 is 0 Å². The van der Waals surface area contributed by atoms with E-state index in [9.17, 15) is 4.79 Å². The van der Waals surface area contributed by atoms with Crippen molar-refractivity contribution in [3.63, 3.8) is 0 Å². The summed E-state index contributed by atoms with van der Waals surface area (Å²) in [6, 6.07) is 3.56. The van der Waals surface area contributed by atoms with Crippen molar-refractivity contribution in [3.8, 4) is 0 Å². The van der Waals surface area contributed by atoms with Crippen LogP contribution in [0.4, 0.5) is 17.1 Å². The molecule has 0 amide bonds. The zero-order chi connectivity index (χ0) is 14.2. The third kappa shape index (κ3) is 2.57. The lowest BCUT2D eigenvalue weighted by molar-refractivity contribution is -0.110. The molecule has 0 fully saturated rings. The average molecular weight is 255 g/mol. The molecular weight excluding hydrogens is 238 g/mol. The second-order valence-corrected chi connectivity index (χ2v) is 4.79. The van der Waals surface area contributed by atoms with Gasteiger partial charge in [0.05, 0.1) is 17.1 Å². The molecule has 0 bridgehead atoms. The van der Waals surface area contributed by atoms with Crippen LogP contribution in [-0.4, -0.2) is 11.5 Å². The Labute approximate surface area is 112 Å². The molecule has 1 aromatic carbocycles. The molecule has 0 aromatic heterocycles. The maximum absolute atomic E-state index is 11.4. The number of hydrogen-bond acceptors (Lipinski definition) is 4. The molecule has 0 heterocycles. The fourth-order valence-electron chi connectivity index (χ4n) is 2.04. The van der Waals surface area contributed by atoms with Gasteiger partial charge in [-0.15, -0.1) is 0 Å². The van der Waals surface area contributed by atoms with Crippen LogP contribution in [-0.2, 0) is 4.79 Å². The van der Waals surface area contributed by atoms with Crippen molar-refractivity contribution < 1.29 is 4.79 Å². The maximum Gasteiger partial charge on any atom is 0.179 e. The first kappa shape index (κ1) is 13.1. The van der Waals surface area contributed by atoms with Gasteiger partial charge in [-0.3, -0.25) is 4.79 Å². The lowest BCUT2D eigenvalue weighted by atomic mass is 9.97. The quantitative estimate of drug-likeness (QED) is 0.598. The van der Waals surface area contributed by atoms with Gasteiger partial charge in [0.15, 0.2) is 5.78 Å². The minimum Gasteiger partial charge on any atom is -0.398 e. The number of carbonyl (C=O) groups is 1. The molecule has 0 unspecified atom stereocenters. The van der Waals surface area contributed by atoms with E-state index in [4.69, 9.17) is 11.5 Å². The Morgan fingerprint density at radius 1 is 0.947 bits per heavy atom. The highest BCUT2D eigenvalue weighted by Crippen LogP contribution is 2.29. The molecule has 98 valence electrons. The lowest BCUT2D eigenvalue weighted by Crippen LogP contribution is -2.10. The molecule has 4 nitrogen and oxygen atoms in total. The number of rotatable bonds is 1. The third-order valence-electron chi connectivity index (χ3n) is 3.11. The molecule has 0 saturated heterocycles. The molecule has 0 spiro atoms. The van der Waals surface area contributed by atoms with E-state index >= 15 is 0 Å². The highest BCUT2D eigenvalue weighted by molar-refractivity contribution is 6.22. The van der Waals surface area contributed by atoms with E-state index in [0.29, 0.717) is 17.1 Å². The molecule has 4 N–H and O–H groups in total. The molecule has 0 aliphatic heterocycles. The number of benzene rings is 1. The number of nitrogen functional groups attached to an aromatic ring is 2. The van der Waals surface area contributed by atoms with Crippen molar-refractivity contribution in [2.24, 2.45) is 4.99 Å². The minimum absolute atomic E-state index is 0.00425. The first-order chi connectivity index (χ1) is 8.88. The zero-order valence-electron chi connectivity index (χ0n) is 11.3. The topological polar surface area (TPSA) is 81.5 Å². The summed E-state index contributed by atoms with van der Waals surface area (Å²) in [4.78, 5) is 16.0. The number of aryl methyl sites for hydroxylation is 1. The van der Waals surface area contributed by atoms with Crippen LogP contribution in [0.25, 0.3) is 0 Å². The van der Waals surface area contributed by atoms with Crippen molar-refractivity contribution in [3.05, 3.63) is 41.0 Å². The summed E-state index contributed by atoms with van der Waals surface area (Å²) in [5.74, 6) is -0.00425. The number of allylic oxidation sites excluding steroid dienone is 4. The smallest absolute Gasteiger partial charge is 0.179 e. The number of ketones is 1. The fourth-order valence-corrected chi connectivity index (χ4v) is 2.04. The van der Waals surface area contributed by atoms with Gasteiger partial charge in [0.1, 0.15) is 0 Å². The highest BCUT2D eigenvalue weighted by Gasteiger charge is 2.14. The number of carbonyl (C=O) groups excluding carboxylic acids is 1. The van der Waals surface area contributed by atoms with Crippen LogP contribution >= 0.6 is 0 Å². The molecule has 0 atom stereocenters. The van der Waals surface area contributed by atoms with E-state index in [1.165, 1.54) is 0 Å². The van der Waals surface area contributed by atoms with Gasteiger partial charge in [-0.2, -0.15) is 0 Å². The van der Waals surface area contributed by atoms with Crippen LogP contribution in [0.3, 0.4) is 0 Å². The third-order valence-corrected chi connectivity index (χ3v) is 3.11. The predicted molar refractivity (Wildman–Crippen MR) is 79.6 cm³/mol. The molecule has 2 rings (SSSR count). The molecule has 4 heteroatoms. The summed E-state index contributed by atoms with van der Waals surface area (Å²) in [6.45, 7) is 5.65. The van der Waals surface area contributed by atoms with Gasteiger partial charge >= 0.3 is 0 Å². The zero-order valence-corrected chi connectivity index (χ0v) is 11.3. The summed E-state index contributed by atoms with van der Waals surface area (Å²) >= 11 is 0. The summed E-state index contributed by atoms with van der Waals surface area (Å²) < 4.78 is 0. The van der Waals surface area contributed by atoms with Crippen molar-refractivity contribution in [1.82, 2.24) is 0 Å². The first-order valence-corrected chi connectivity index (χ1v) is 6.04. The Morgan fingerprint density at radius 3 is 2.11 bits per heavy atom. The number of hydrogen-bond donors (Lipinski definition) is 2. The number of aliphatic imine (C=N–C) groups is 1. The Kier molecular flexibility index (Phi) is 3.25. The van der Waals surface area contributed by atoms with Gasteiger partial charge in [0, 0.05) is 5.69 Å². The van der Waals surface area contributed by atoms with E-state index in [0.717, 1.165) is 22.4 Å². The molecule has 19 heavy (non-hydrogen) atoms. The molecule has 1 aliphatic rings. The second-order valence-electron chi connectivity index (χ2n) is 4.79. The Bertz CT molecular complexity index is 628. The van der Waals surface area contributed by atoms with Crippen LogP contribution in [0.2, 0.25) is 0 Å². The summed E-state index contributed by atoms with van der Waals surface area (Å²) in [6.07, 6.45) is 3.15. The number of anilines is 2. The van der Waals surface area contributed by atoms with E-state index in [-0.39, 0.29) is 5.78 Å². The molecule has 1 aromatic rings. The van der Waals surface area contributed by atoms with Gasteiger partial charge < -0.3 is 11.5 Å². The Hall–Kier alpha value is -2.36. The van der Waals surface area contributed by atoms with Gasteiger partial charge in [-0.25, -0.2) is 4.99 Å². The molecule has 0 saturated carbocycles. The number of nitrogens with two attached hydrogens (primary N) is 2. The van der Waals surface area contributed by atoms with Crippen LogP contribution in [0, 0.1) is 6.92 Å². The Balaban J connectivity index is 2.53. The highest BCUT2D eigenvalue weighted by atomic mass is 16.1. The standard InChI is InChI=1S/C15H17N3O/c1-8-6-14(13(17)7-12(8)16)18-15-9(2)4-11(19)5-10(15)3/h4-7H,16-17H2,1-3H3. The maximum atomic E-state index is 11.4. The molecular formula is C15H17N3O. The molecule has 1 aliphatic carbocycles. The first-order valence-electron chi connectivity index (χ1n) is 6.04. The van der Waals surface area contributed by atoms with Crippen LogP contribution in [0.5, 0.6) is 0 Å². The lowest BCUT2D eigenvalue weighted by Gasteiger charge is -2.13. The van der Waals surface area contributed by atoms with Crippen LogP contribution < -0.4 is 11.5 Å². The van der Waals surface area contributed by atoms with Crippen molar-refractivity contribution in [2.75, 3.05) is 11.5 Å². The summed E-state index contributed by atoms with van der Waals surface area (Å²) in [5, 5.41) is 0. The van der Waals surface area contributed by atoms with Crippen molar-refractivity contribution in [2.45, 2.75) is 20.8 Å². The van der Waals surface area contributed by atoms with Crippen LogP contribution in [0.15, 0.2) is 40.4 Å². The van der Waals surface area contributed by atoms with Gasteiger partial charge in [-0.05, 0) is 61.8 Å². The van der Waals surface area contributed by atoms with Crippen molar-refractivity contribution >= 4 is 28.6 Å². The van der Waals surface area contributed by atoms with Gasteiger partial charge in [0.25, 0.3) is 0 Å². The predicted octanol–water partition coefficient (Wildman–Crippen LogP) is 2.71. The monoisotopic (exact) mass is 255 g/mol. The summed E-state index contributed by atoms with van der Waals surface area (Å²) in [5.41, 5.74) is 17.0. The van der Waals surface area contributed by atoms with Gasteiger partial charge in [0.2, 0.25) is 0 Å². The Morgan fingerprint density at radius 2 is 1.53 bits per heavy atom. The number of nitrogens with zero attached hydrogens (tertiary/aromatic N) is 1. The van der Waals surface area contributed by atoms with E-state index in [1.807, 2.05) is 26.8 Å². The van der Waals surface area contributed by atoms with E-state index in [1.54, 1.807) is 18.2 Å². The van der Waals surface area contributed by atoms with Crippen LogP contribution in [0.1, 0.15) is 19.4 Å². The van der Waals surface area contributed by atoms with Gasteiger partial charge in [-0.1, -0.05) is 0 Å². The average Bonchev–Trinajstić information content (AvgIpc) is 2.29.